The van der Waals surface area contributed by atoms with Gasteiger partial charge in [0.2, 0.25) is 10.0 Å². The Morgan fingerprint density at radius 3 is 2.83 bits per heavy atom. The summed E-state index contributed by atoms with van der Waals surface area (Å²) < 4.78 is 31.9. The van der Waals surface area contributed by atoms with Crippen molar-refractivity contribution in [2.45, 2.75) is 31.6 Å². The summed E-state index contributed by atoms with van der Waals surface area (Å²) >= 11 is 0. The topological polar surface area (TPSA) is 75.7 Å². The van der Waals surface area contributed by atoms with Crippen LogP contribution in [0.25, 0.3) is 0 Å². The van der Waals surface area contributed by atoms with Gasteiger partial charge in [-0.05, 0) is 37.1 Å². The molecular weight excluding hydrogens is 316 g/mol. The smallest absolute Gasteiger partial charge is 0.337 e. The Hall–Kier alpha value is -1.44. The van der Waals surface area contributed by atoms with Crippen molar-refractivity contribution in [3.8, 4) is 0 Å². The molecule has 1 aromatic carbocycles. The first-order chi connectivity index (χ1) is 11.0. The molecule has 6 nitrogen and oxygen atoms in total. The third kappa shape index (κ3) is 4.53. The number of methoxy groups -OCH3 is 1. The van der Waals surface area contributed by atoms with Crippen molar-refractivity contribution in [3.05, 3.63) is 35.4 Å². The molecule has 1 N–H and O–H groups in total. The van der Waals surface area contributed by atoms with E-state index in [4.69, 9.17) is 0 Å². The Balaban J connectivity index is 2.20. The fourth-order valence-electron chi connectivity index (χ4n) is 2.85. The minimum Gasteiger partial charge on any atom is -0.465 e. The summed E-state index contributed by atoms with van der Waals surface area (Å²) in [5.74, 6) is -0.566. The fourth-order valence-corrected chi connectivity index (χ4v) is 4.72. The molecule has 7 heteroatoms. The van der Waals surface area contributed by atoms with Crippen LogP contribution in [-0.4, -0.2) is 51.5 Å². The number of nitrogens with one attached hydrogen (secondary N) is 1. The Kier molecular flexibility index (Phi) is 6.15. The van der Waals surface area contributed by atoms with E-state index < -0.39 is 16.0 Å². The molecular formula is C16H24N2O4S. The highest BCUT2D eigenvalue weighted by Crippen LogP contribution is 2.19. The number of benzene rings is 1. The van der Waals surface area contributed by atoms with E-state index in [1.807, 2.05) is 6.92 Å². The lowest BCUT2D eigenvalue weighted by Crippen LogP contribution is -2.42. The SMILES string of the molecule is CCCN(C1CCNC1)S(=O)(=O)Cc1cccc(C(=O)OC)c1. The molecule has 1 aliphatic heterocycles. The van der Waals surface area contributed by atoms with Crippen LogP contribution < -0.4 is 5.32 Å². The van der Waals surface area contributed by atoms with E-state index in [-0.39, 0.29) is 11.8 Å². The van der Waals surface area contributed by atoms with E-state index in [1.54, 1.807) is 28.6 Å². The van der Waals surface area contributed by atoms with Crippen molar-refractivity contribution >= 4 is 16.0 Å². The van der Waals surface area contributed by atoms with Crippen molar-refractivity contribution in [1.82, 2.24) is 9.62 Å². The van der Waals surface area contributed by atoms with Crippen LogP contribution in [-0.2, 0) is 20.5 Å². The second kappa shape index (κ2) is 7.90. The molecule has 0 radical (unpaired) electrons. The summed E-state index contributed by atoms with van der Waals surface area (Å²) in [5.41, 5.74) is 0.963. The average molecular weight is 340 g/mol. The number of carbonyl (C=O) groups is 1. The summed E-state index contributed by atoms with van der Waals surface area (Å²) in [6.07, 6.45) is 1.61. The van der Waals surface area contributed by atoms with Crippen LogP contribution in [0.1, 0.15) is 35.7 Å². The van der Waals surface area contributed by atoms with Crippen LogP contribution in [0.15, 0.2) is 24.3 Å². The number of ether oxygens (including phenoxy) is 1. The molecule has 1 atom stereocenters. The Morgan fingerprint density at radius 2 is 2.22 bits per heavy atom. The van der Waals surface area contributed by atoms with Gasteiger partial charge in [-0.3, -0.25) is 0 Å². The number of esters is 1. The highest BCUT2D eigenvalue weighted by molar-refractivity contribution is 7.88. The van der Waals surface area contributed by atoms with Crippen molar-refractivity contribution in [3.63, 3.8) is 0 Å². The second-order valence-corrected chi connectivity index (χ2v) is 7.63. The van der Waals surface area contributed by atoms with Crippen LogP contribution >= 0.6 is 0 Å². The highest BCUT2D eigenvalue weighted by Gasteiger charge is 2.31. The lowest BCUT2D eigenvalue weighted by molar-refractivity contribution is 0.0600. The lowest BCUT2D eigenvalue weighted by Gasteiger charge is -2.27. The van der Waals surface area contributed by atoms with Crippen LogP contribution in [0, 0.1) is 0 Å². The first kappa shape index (κ1) is 17.9. The van der Waals surface area contributed by atoms with E-state index in [0.717, 1.165) is 19.4 Å². The second-order valence-electron chi connectivity index (χ2n) is 5.71. The molecule has 128 valence electrons. The van der Waals surface area contributed by atoms with E-state index in [1.165, 1.54) is 7.11 Å². The van der Waals surface area contributed by atoms with Gasteiger partial charge in [-0.1, -0.05) is 19.1 Å². The Morgan fingerprint density at radius 1 is 1.43 bits per heavy atom. The average Bonchev–Trinajstić information content (AvgIpc) is 3.05. The lowest BCUT2D eigenvalue weighted by atomic mass is 10.1. The fraction of sp³-hybridized carbons (Fsp3) is 0.562. The van der Waals surface area contributed by atoms with Gasteiger partial charge in [-0.2, -0.15) is 4.31 Å². The Labute approximate surface area is 137 Å². The largest absolute Gasteiger partial charge is 0.465 e. The first-order valence-corrected chi connectivity index (χ1v) is 9.46. The summed E-state index contributed by atoms with van der Waals surface area (Å²) in [7, 11) is -2.12. The number of sulfonamides is 1. The normalized spacial score (nSPS) is 18.3. The van der Waals surface area contributed by atoms with Gasteiger partial charge in [0.25, 0.3) is 0 Å². The molecule has 0 spiro atoms. The highest BCUT2D eigenvalue weighted by atomic mass is 32.2. The van der Waals surface area contributed by atoms with Gasteiger partial charge in [0, 0.05) is 19.1 Å². The molecule has 1 aromatic rings. The summed E-state index contributed by atoms with van der Waals surface area (Å²) in [5, 5.41) is 3.21. The van der Waals surface area contributed by atoms with Gasteiger partial charge in [0.05, 0.1) is 18.4 Å². The van der Waals surface area contributed by atoms with Gasteiger partial charge >= 0.3 is 5.97 Å². The molecule has 0 bridgehead atoms. The van der Waals surface area contributed by atoms with Crippen LogP contribution in [0.3, 0.4) is 0 Å². The van der Waals surface area contributed by atoms with Crippen molar-refractivity contribution < 1.29 is 17.9 Å². The van der Waals surface area contributed by atoms with Gasteiger partial charge < -0.3 is 10.1 Å². The third-order valence-corrected chi connectivity index (χ3v) is 5.83. The molecule has 1 fully saturated rings. The standard InChI is InChI=1S/C16H24N2O4S/c1-3-9-18(15-7-8-17-11-15)23(20,21)12-13-5-4-6-14(10-13)16(19)22-2/h4-6,10,15,17H,3,7-9,11-12H2,1-2H3. The monoisotopic (exact) mass is 340 g/mol. The maximum absolute atomic E-state index is 12.8. The van der Waals surface area contributed by atoms with Gasteiger partial charge in [0.15, 0.2) is 0 Å². The zero-order chi connectivity index (χ0) is 16.9. The molecule has 1 heterocycles. The molecule has 1 saturated heterocycles. The summed E-state index contributed by atoms with van der Waals surface area (Å²) in [6.45, 7) is 4.04. The number of rotatable bonds is 7. The van der Waals surface area contributed by atoms with E-state index in [2.05, 4.69) is 10.1 Å². The predicted molar refractivity (Wildman–Crippen MR) is 88.7 cm³/mol. The zero-order valence-corrected chi connectivity index (χ0v) is 14.4. The third-order valence-electron chi connectivity index (χ3n) is 3.94. The number of hydrogen-bond acceptors (Lipinski definition) is 5. The van der Waals surface area contributed by atoms with Crippen molar-refractivity contribution in [2.75, 3.05) is 26.7 Å². The quantitative estimate of drug-likeness (QED) is 0.759. The van der Waals surface area contributed by atoms with Gasteiger partial charge in [0.1, 0.15) is 0 Å². The van der Waals surface area contributed by atoms with Gasteiger partial charge in [-0.25, -0.2) is 13.2 Å². The minimum absolute atomic E-state index is 0.0174. The Bertz CT molecular complexity index is 639. The van der Waals surface area contributed by atoms with E-state index in [0.29, 0.717) is 24.2 Å². The zero-order valence-electron chi connectivity index (χ0n) is 13.6. The van der Waals surface area contributed by atoms with Crippen molar-refractivity contribution in [1.29, 1.82) is 0 Å². The number of carbonyl (C=O) groups excluding carboxylic acids is 1. The van der Waals surface area contributed by atoms with Crippen LogP contribution in [0.2, 0.25) is 0 Å². The van der Waals surface area contributed by atoms with Gasteiger partial charge in [-0.15, -0.1) is 0 Å². The van der Waals surface area contributed by atoms with Crippen LogP contribution in [0.4, 0.5) is 0 Å². The van der Waals surface area contributed by atoms with E-state index >= 15 is 0 Å². The molecule has 0 amide bonds. The van der Waals surface area contributed by atoms with Crippen molar-refractivity contribution in [2.24, 2.45) is 0 Å². The molecule has 2 rings (SSSR count). The molecule has 0 aromatic heterocycles. The van der Waals surface area contributed by atoms with E-state index in [9.17, 15) is 13.2 Å². The maximum atomic E-state index is 12.8. The summed E-state index contributed by atoms with van der Waals surface area (Å²) in [4.78, 5) is 11.6. The molecule has 1 aliphatic rings. The first-order valence-electron chi connectivity index (χ1n) is 7.85. The minimum atomic E-state index is -3.43. The summed E-state index contributed by atoms with van der Waals surface area (Å²) in [6, 6.07) is 6.62. The maximum Gasteiger partial charge on any atom is 0.337 e. The molecule has 23 heavy (non-hydrogen) atoms. The molecule has 1 unspecified atom stereocenters. The van der Waals surface area contributed by atoms with Crippen LogP contribution in [0.5, 0.6) is 0 Å². The molecule has 0 saturated carbocycles. The molecule has 0 aliphatic carbocycles. The number of hydrogen-bond donors (Lipinski definition) is 1. The predicted octanol–water partition coefficient (Wildman–Crippen LogP) is 1.38. The number of nitrogens with zero attached hydrogens (tertiary/aromatic N) is 1.